The summed E-state index contributed by atoms with van der Waals surface area (Å²) in [5.41, 5.74) is 3.66. The molecule has 0 aliphatic rings. The van der Waals surface area contributed by atoms with E-state index >= 15 is 0 Å². The van der Waals surface area contributed by atoms with Crippen molar-refractivity contribution in [2.75, 3.05) is 0 Å². The zero-order valence-corrected chi connectivity index (χ0v) is 20.4. The van der Waals surface area contributed by atoms with Crippen molar-refractivity contribution in [3.63, 3.8) is 0 Å². The minimum atomic E-state index is -0.299. The van der Waals surface area contributed by atoms with Crippen molar-refractivity contribution in [2.24, 2.45) is 0 Å². The number of aromatic hydroxyl groups is 1. The molecule has 0 saturated carbocycles. The van der Waals surface area contributed by atoms with Crippen molar-refractivity contribution < 1.29 is 9.90 Å². The molecule has 1 aromatic heterocycles. The van der Waals surface area contributed by atoms with Gasteiger partial charge in [-0.25, -0.2) is 0 Å². The Morgan fingerprint density at radius 2 is 1.39 bits per heavy atom. The van der Waals surface area contributed by atoms with Gasteiger partial charge in [0.25, 0.3) is 0 Å². The van der Waals surface area contributed by atoms with Crippen LogP contribution in [0.4, 0.5) is 0 Å². The minimum Gasteiger partial charge on any atom is -0.507 e. The zero-order chi connectivity index (χ0) is 22.4. The predicted molar refractivity (Wildman–Crippen MR) is 129 cm³/mol. The quantitative estimate of drug-likeness (QED) is 0.519. The molecule has 0 unspecified atom stereocenters. The highest BCUT2D eigenvalue weighted by molar-refractivity contribution is 5.97. The molecule has 0 fully saturated rings. The van der Waals surface area contributed by atoms with Crippen LogP contribution in [0.5, 0.6) is 5.75 Å². The van der Waals surface area contributed by atoms with Gasteiger partial charge in [0.1, 0.15) is 5.75 Å². The number of nitrogens with one attached hydrogen (secondary N) is 1. The normalized spacial score (nSPS) is 12.1. The van der Waals surface area contributed by atoms with Gasteiger partial charge in [-0.2, -0.15) is 0 Å². The topological polar surface area (TPSA) is 71.0 Å². The molecule has 0 bridgehead atoms. The number of benzene rings is 2. The molecule has 1 heterocycles. The van der Waals surface area contributed by atoms with Crippen LogP contribution in [0.2, 0.25) is 0 Å². The number of phenols is 1. The maximum Gasteiger partial charge on any atom is 0.203 e. The van der Waals surface area contributed by atoms with Crippen LogP contribution in [0.15, 0.2) is 36.4 Å². The molecular formula is C25H34ClN3O2. The molecule has 0 radical (unpaired) electrons. The lowest BCUT2D eigenvalue weighted by Gasteiger charge is -2.28. The molecule has 0 aliphatic carbocycles. The number of phenolic OH excluding ortho intramolecular Hbond substituents is 1. The fourth-order valence-corrected chi connectivity index (χ4v) is 3.95. The van der Waals surface area contributed by atoms with Crippen molar-refractivity contribution in [2.45, 2.75) is 72.4 Å². The van der Waals surface area contributed by atoms with E-state index in [-0.39, 0.29) is 41.3 Å². The maximum atomic E-state index is 13.4. The van der Waals surface area contributed by atoms with Gasteiger partial charge in [-0.05, 0) is 42.0 Å². The highest BCUT2D eigenvalue weighted by Gasteiger charge is 2.28. The summed E-state index contributed by atoms with van der Waals surface area (Å²) in [7, 11) is 0. The van der Waals surface area contributed by atoms with Crippen LogP contribution >= 0.6 is 12.4 Å². The van der Waals surface area contributed by atoms with Gasteiger partial charge in [-0.3, -0.25) is 10.2 Å². The molecule has 31 heavy (non-hydrogen) atoms. The Morgan fingerprint density at radius 3 is 1.81 bits per heavy atom. The third-order valence-electron chi connectivity index (χ3n) is 5.64. The standard InChI is InChI=1S/C25H33N3O2.ClH/c1-8-27-19-11-9-10-12-20(19)28(23(27)26)15-21(29)16-13-17(24(2,3)4)22(30)18(14-16)25(5,6)7;/h9-14,26,30H,8,15H2,1-7H3;1H. The van der Waals surface area contributed by atoms with Gasteiger partial charge in [-0.15, -0.1) is 12.4 Å². The van der Waals surface area contributed by atoms with E-state index in [9.17, 15) is 9.90 Å². The first-order valence-electron chi connectivity index (χ1n) is 10.5. The van der Waals surface area contributed by atoms with Crippen LogP contribution in [-0.4, -0.2) is 20.0 Å². The number of Topliss-reactive ketones (excluding diaryl/α,β-unsaturated/α-hetero) is 1. The monoisotopic (exact) mass is 443 g/mol. The number of imidazole rings is 1. The summed E-state index contributed by atoms with van der Waals surface area (Å²) in [5, 5.41) is 19.5. The van der Waals surface area contributed by atoms with Crippen LogP contribution in [0.1, 0.15) is 70.0 Å². The van der Waals surface area contributed by atoms with Crippen LogP contribution in [0.25, 0.3) is 11.0 Å². The summed E-state index contributed by atoms with van der Waals surface area (Å²) in [6.45, 7) is 15.0. The van der Waals surface area contributed by atoms with Crippen molar-refractivity contribution in [3.05, 3.63) is 58.7 Å². The second kappa shape index (κ2) is 8.54. The summed E-state index contributed by atoms with van der Waals surface area (Å²) >= 11 is 0. The Kier molecular flexibility index (Phi) is 6.82. The molecule has 168 valence electrons. The Balaban J connectivity index is 0.00000341. The molecule has 2 aromatic carbocycles. The highest BCUT2D eigenvalue weighted by atomic mass is 35.5. The van der Waals surface area contributed by atoms with Gasteiger partial charge in [0, 0.05) is 23.2 Å². The first kappa shape index (κ1) is 24.7. The fourth-order valence-electron chi connectivity index (χ4n) is 3.95. The van der Waals surface area contributed by atoms with Gasteiger partial charge >= 0.3 is 0 Å². The fraction of sp³-hybridized carbons (Fsp3) is 0.440. The van der Waals surface area contributed by atoms with Crippen molar-refractivity contribution >= 4 is 29.2 Å². The minimum absolute atomic E-state index is 0. The largest absolute Gasteiger partial charge is 0.507 e. The summed E-state index contributed by atoms with van der Waals surface area (Å²) in [6, 6.07) is 11.4. The van der Waals surface area contributed by atoms with Crippen LogP contribution in [-0.2, 0) is 23.9 Å². The second-order valence-electron chi connectivity index (χ2n) is 9.99. The van der Waals surface area contributed by atoms with Crippen molar-refractivity contribution in [3.8, 4) is 5.75 Å². The number of hydrogen-bond donors (Lipinski definition) is 2. The molecule has 3 aromatic rings. The molecule has 0 amide bonds. The van der Waals surface area contributed by atoms with E-state index in [0.717, 1.165) is 22.2 Å². The molecular weight excluding hydrogens is 410 g/mol. The molecule has 5 nitrogen and oxygen atoms in total. The lowest BCUT2D eigenvalue weighted by atomic mass is 9.78. The molecule has 0 spiro atoms. The Morgan fingerprint density at radius 1 is 0.935 bits per heavy atom. The van der Waals surface area contributed by atoms with Crippen LogP contribution in [0, 0.1) is 5.41 Å². The molecule has 0 aliphatic heterocycles. The van der Waals surface area contributed by atoms with Gasteiger partial charge in [-0.1, -0.05) is 53.7 Å². The molecule has 3 rings (SSSR count). The van der Waals surface area contributed by atoms with E-state index in [1.807, 2.05) is 89.4 Å². The first-order chi connectivity index (χ1) is 13.9. The van der Waals surface area contributed by atoms with Gasteiger partial charge < -0.3 is 14.2 Å². The Hall–Kier alpha value is -2.53. The molecule has 0 saturated heterocycles. The number of hydrogen-bond acceptors (Lipinski definition) is 3. The van der Waals surface area contributed by atoms with Crippen molar-refractivity contribution in [1.82, 2.24) is 9.13 Å². The third-order valence-corrected chi connectivity index (χ3v) is 5.64. The number of ketones is 1. The molecule has 2 N–H and O–H groups in total. The van der Waals surface area contributed by atoms with Gasteiger partial charge in [0.2, 0.25) is 5.62 Å². The molecule has 6 heteroatoms. The van der Waals surface area contributed by atoms with Gasteiger partial charge in [0.05, 0.1) is 17.6 Å². The van der Waals surface area contributed by atoms with Gasteiger partial charge in [0.15, 0.2) is 5.78 Å². The van der Waals surface area contributed by atoms with Crippen LogP contribution < -0.4 is 5.62 Å². The number of aromatic nitrogens is 2. The summed E-state index contributed by atoms with van der Waals surface area (Å²) < 4.78 is 3.67. The van der Waals surface area contributed by atoms with E-state index < -0.39 is 0 Å². The van der Waals surface area contributed by atoms with E-state index in [1.165, 1.54) is 0 Å². The van der Waals surface area contributed by atoms with E-state index in [2.05, 4.69) is 0 Å². The van der Waals surface area contributed by atoms with Crippen molar-refractivity contribution in [1.29, 1.82) is 5.41 Å². The smallest absolute Gasteiger partial charge is 0.203 e. The lowest BCUT2D eigenvalue weighted by molar-refractivity contribution is 0.0971. The number of rotatable bonds is 4. The average Bonchev–Trinajstić information content (AvgIpc) is 2.91. The first-order valence-corrected chi connectivity index (χ1v) is 10.5. The summed E-state index contributed by atoms with van der Waals surface area (Å²) in [4.78, 5) is 13.4. The number of carbonyl (C=O) groups is 1. The van der Waals surface area contributed by atoms with E-state index in [1.54, 1.807) is 4.57 Å². The number of nitrogens with zero attached hydrogens (tertiary/aromatic N) is 2. The Bertz CT molecular complexity index is 1140. The third kappa shape index (κ3) is 4.57. The number of para-hydroxylation sites is 2. The number of carbonyl (C=O) groups excluding carboxylic acids is 1. The maximum absolute atomic E-state index is 13.4. The molecule has 0 atom stereocenters. The SMILES string of the molecule is CCn1c(=N)n(CC(=O)c2cc(C(C)(C)C)c(O)c(C(C)(C)C)c2)c2ccccc21.Cl. The number of halogens is 1. The van der Waals surface area contributed by atoms with Crippen LogP contribution in [0.3, 0.4) is 0 Å². The highest BCUT2D eigenvalue weighted by Crippen LogP contribution is 2.39. The summed E-state index contributed by atoms with van der Waals surface area (Å²) in [6.07, 6.45) is 0. The number of aryl methyl sites for hydroxylation is 1. The predicted octanol–water partition coefficient (Wildman–Crippen LogP) is 5.55. The number of fused-ring (bicyclic) bond motifs is 1. The second-order valence-corrected chi connectivity index (χ2v) is 9.99. The zero-order valence-electron chi connectivity index (χ0n) is 19.5. The average molecular weight is 444 g/mol. The Labute approximate surface area is 190 Å². The van der Waals surface area contributed by atoms with E-state index in [0.29, 0.717) is 17.7 Å². The van der Waals surface area contributed by atoms with E-state index in [4.69, 9.17) is 5.41 Å². The summed E-state index contributed by atoms with van der Waals surface area (Å²) in [5.74, 6) is 0.200. The lowest BCUT2D eigenvalue weighted by Crippen LogP contribution is -2.27.